The van der Waals surface area contributed by atoms with Crippen molar-refractivity contribution in [2.75, 3.05) is 5.32 Å². The van der Waals surface area contributed by atoms with Crippen LogP contribution in [0.4, 0.5) is 5.69 Å². The van der Waals surface area contributed by atoms with Gasteiger partial charge in [0.1, 0.15) is 11.6 Å². The van der Waals surface area contributed by atoms with Crippen molar-refractivity contribution < 1.29 is 4.79 Å². The lowest BCUT2D eigenvalue weighted by Crippen LogP contribution is -2.14. The first-order valence-corrected chi connectivity index (χ1v) is 7.79. The molecule has 0 unspecified atom stereocenters. The number of hydrogen-bond acceptors (Lipinski definition) is 2. The first-order chi connectivity index (χ1) is 11.6. The molecule has 3 rings (SSSR count). The van der Waals surface area contributed by atoms with E-state index < -0.39 is 5.91 Å². The molecule has 0 fully saturated rings. The highest BCUT2D eigenvalue weighted by atomic mass is 35.5. The lowest BCUT2D eigenvalue weighted by Gasteiger charge is -2.08. The molecular formula is C18H11Cl2N3O. The minimum Gasteiger partial charge on any atom is -0.361 e. The molecule has 2 aromatic carbocycles. The SMILES string of the molecule is N#CC(=Cc1c[nH]c2ccccc12)C(=O)Nc1c(Cl)cccc1Cl. The molecule has 2 N–H and O–H groups in total. The third-order valence-corrected chi connectivity index (χ3v) is 4.12. The van der Waals surface area contributed by atoms with E-state index in [0.29, 0.717) is 10.0 Å². The molecule has 0 spiro atoms. The third kappa shape index (κ3) is 3.13. The van der Waals surface area contributed by atoms with E-state index in [0.717, 1.165) is 16.5 Å². The Morgan fingerprint density at radius 2 is 1.83 bits per heavy atom. The van der Waals surface area contributed by atoms with Crippen LogP contribution in [0, 0.1) is 11.3 Å². The van der Waals surface area contributed by atoms with Crippen molar-refractivity contribution in [3.8, 4) is 6.07 Å². The molecule has 0 radical (unpaired) electrons. The Labute approximate surface area is 148 Å². The molecule has 1 amide bonds. The van der Waals surface area contributed by atoms with E-state index in [4.69, 9.17) is 23.2 Å². The number of hydrogen-bond donors (Lipinski definition) is 2. The summed E-state index contributed by atoms with van der Waals surface area (Å²) in [5.74, 6) is -0.571. The van der Waals surface area contributed by atoms with Crippen LogP contribution in [0.15, 0.2) is 54.2 Å². The normalized spacial score (nSPS) is 11.3. The highest BCUT2D eigenvalue weighted by Crippen LogP contribution is 2.30. The Bertz CT molecular complexity index is 979. The van der Waals surface area contributed by atoms with Crippen molar-refractivity contribution in [1.29, 1.82) is 5.26 Å². The summed E-state index contributed by atoms with van der Waals surface area (Å²) in [6.07, 6.45) is 3.27. The quantitative estimate of drug-likeness (QED) is 0.511. The maximum Gasteiger partial charge on any atom is 0.266 e. The minimum absolute atomic E-state index is 0.0456. The minimum atomic E-state index is -0.571. The Kier molecular flexibility index (Phi) is 4.57. The van der Waals surface area contributed by atoms with Crippen LogP contribution in [0.25, 0.3) is 17.0 Å². The van der Waals surface area contributed by atoms with E-state index in [1.165, 1.54) is 6.08 Å². The van der Waals surface area contributed by atoms with E-state index in [2.05, 4.69) is 10.3 Å². The van der Waals surface area contributed by atoms with Crippen molar-refractivity contribution in [2.24, 2.45) is 0 Å². The van der Waals surface area contributed by atoms with Gasteiger partial charge in [0.2, 0.25) is 0 Å². The number of rotatable bonds is 3. The average molecular weight is 356 g/mol. The number of H-pyrrole nitrogens is 1. The van der Waals surface area contributed by atoms with E-state index in [1.54, 1.807) is 24.4 Å². The number of fused-ring (bicyclic) bond motifs is 1. The van der Waals surface area contributed by atoms with Gasteiger partial charge in [-0.1, -0.05) is 47.5 Å². The van der Waals surface area contributed by atoms with Crippen LogP contribution >= 0.6 is 23.2 Å². The number of carbonyl (C=O) groups excluding carboxylic acids is 1. The van der Waals surface area contributed by atoms with Crippen LogP contribution in [-0.4, -0.2) is 10.9 Å². The van der Waals surface area contributed by atoms with Gasteiger partial charge in [0.05, 0.1) is 15.7 Å². The number of anilines is 1. The van der Waals surface area contributed by atoms with Gasteiger partial charge in [-0.05, 0) is 24.3 Å². The molecule has 4 nitrogen and oxygen atoms in total. The number of nitrogens with zero attached hydrogens (tertiary/aromatic N) is 1. The van der Waals surface area contributed by atoms with Crippen molar-refractivity contribution in [2.45, 2.75) is 0 Å². The molecule has 118 valence electrons. The second kappa shape index (κ2) is 6.79. The maximum absolute atomic E-state index is 12.4. The van der Waals surface area contributed by atoms with Gasteiger partial charge in [-0.3, -0.25) is 4.79 Å². The first-order valence-electron chi connectivity index (χ1n) is 7.03. The number of amides is 1. The molecule has 0 saturated carbocycles. The topological polar surface area (TPSA) is 68.7 Å². The van der Waals surface area contributed by atoms with Crippen molar-refractivity contribution in [3.63, 3.8) is 0 Å². The zero-order valence-electron chi connectivity index (χ0n) is 12.3. The molecule has 1 aromatic heterocycles. The fourth-order valence-electron chi connectivity index (χ4n) is 2.32. The molecule has 1 heterocycles. The fraction of sp³-hybridized carbons (Fsp3) is 0. The molecule has 0 bridgehead atoms. The van der Waals surface area contributed by atoms with Gasteiger partial charge in [-0.2, -0.15) is 5.26 Å². The van der Waals surface area contributed by atoms with Crippen molar-refractivity contribution in [3.05, 3.63) is 69.8 Å². The van der Waals surface area contributed by atoms with Crippen LogP contribution in [-0.2, 0) is 4.79 Å². The van der Waals surface area contributed by atoms with Gasteiger partial charge in [0.15, 0.2) is 0 Å². The monoisotopic (exact) mass is 355 g/mol. The number of aromatic nitrogens is 1. The van der Waals surface area contributed by atoms with Gasteiger partial charge < -0.3 is 10.3 Å². The van der Waals surface area contributed by atoms with Gasteiger partial charge in [-0.15, -0.1) is 0 Å². The number of nitriles is 1. The molecule has 0 aliphatic carbocycles. The second-order valence-electron chi connectivity index (χ2n) is 5.01. The lowest BCUT2D eigenvalue weighted by atomic mass is 10.1. The summed E-state index contributed by atoms with van der Waals surface area (Å²) < 4.78 is 0. The highest BCUT2D eigenvalue weighted by Gasteiger charge is 2.14. The summed E-state index contributed by atoms with van der Waals surface area (Å²) in [5, 5.41) is 13.5. The summed E-state index contributed by atoms with van der Waals surface area (Å²) in [4.78, 5) is 15.5. The molecule has 24 heavy (non-hydrogen) atoms. The summed E-state index contributed by atoms with van der Waals surface area (Å²) in [6, 6.07) is 14.4. The predicted molar refractivity (Wildman–Crippen MR) is 97.0 cm³/mol. The lowest BCUT2D eigenvalue weighted by molar-refractivity contribution is -0.112. The molecule has 3 aromatic rings. The molecule has 0 atom stereocenters. The largest absolute Gasteiger partial charge is 0.361 e. The van der Waals surface area contributed by atoms with Crippen molar-refractivity contribution in [1.82, 2.24) is 4.98 Å². The van der Waals surface area contributed by atoms with E-state index in [-0.39, 0.29) is 11.3 Å². The highest BCUT2D eigenvalue weighted by molar-refractivity contribution is 6.40. The van der Waals surface area contributed by atoms with Crippen LogP contribution < -0.4 is 5.32 Å². The summed E-state index contributed by atoms with van der Waals surface area (Å²) >= 11 is 12.1. The number of para-hydroxylation sites is 2. The van der Waals surface area contributed by atoms with Crippen molar-refractivity contribution >= 4 is 51.8 Å². The standard InChI is InChI=1S/C18H11Cl2N3O/c19-14-5-3-6-15(20)17(14)23-18(24)11(9-21)8-12-10-22-16-7-2-1-4-13(12)16/h1-8,10,22H,(H,23,24). The molecule has 0 saturated heterocycles. The summed E-state index contributed by atoms with van der Waals surface area (Å²) in [5.41, 5.74) is 1.92. The average Bonchev–Trinajstić information content (AvgIpc) is 2.99. The smallest absolute Gasteiger partial charge is 0.266 e. The molecule has 0 aliphatic heterocycles. The number of carbonyl (C=O) groups is 1. The predicted octanol–water partition coefficient (Wildman–Crippen LogP) is 5.02. The van der Waals surface area contributed by atoms with Gasteiger partial charge in [0, 0.05) is 22.7 Å². The zero-order valence-corrected chi connectivity index (χ0v) is 13.8. The molecule has 6 heteroatoms. The number of halogens is 2. The maximum atomic E-state index is 12.4. The van der Waals surface area contributed by atoms with Crippen LogP contribution in [0.5, 0.6) is 0 Å². The fourth-order valence-corrected chi connectivity index (χ4v) is 2.81. The number of nitrogens with one attached hydrogen (secondary N) is 2. The Morgan fingerprint density at radius 1 is 1.12 bits per heavy atom. The van der Waals surface area contributed by atoms with E-state index in [9.17, 15) is 10.1 Å². The molecule has 0 aliphatic rings. The Balaban J connectivity index is 1.94. The van der Waals surface area contributed by atoms with Crippen LogP contribution in [0.3, 0.4) is 0 Å². The Morgan fingerprint density at radius 3 is 2.54 bits per heavy atom. The number of aromatic amines is 1. The summed E-state index contributed by atoms with van der Waals surface area (Å²) in [7, 11) is 0. The van der Waals surface area contributed by atoms with Gasteiger partial charge >= 0.3 is 0 Å². The van der Waals surface area contributed by atoms with E-state index in [1.807, 2.05) is 30.3 Å². The van der Waals surface area contributed by atoms with E-state index >= 15 is 0 Å². The molecular weight excluding hydrogens is 345 g/mol. The number of benzene rings is 2. The van der Waals surface area contributed by atoms with Gasteiger partial charge in [-0.25, -0.2) is 0 Å². The third-order valence-electron chi connectivity index (χ3n) is 3.49. The Hall–Kier alpha value is -2.74. The first kappa shape index (κ1) is 16.1. The summed E-state index contributed by atoms with van der Waals surface area (Å²) in [6.45, 7) is 0. The zero-order chi connectivity index (χ0) is 17.1. The second-order valence-corrected chi connectivity index (χ2v) is 5.82. The van der Waals surface area contributed by atoms with Crippen LogP contribution in [0.1, 0.15) is 5.56 Å². The van der Waals surface area contributed by atoms with Gasteiger partial charge in [0.25, 0.3) is 5.91 Å². The van der Waals surface area contributed by atoms with Crippen LogP contribution in [0.2, 0.25) is 10.0 Å².